The zero-order valence-electron chi connectivity index (χ0n) is 12.5. The summed E-state index contributed by atoms with van der Waals surface area (Å²) in [5.74, 6) is -3.50. The van der Waals surface area contributed by atoms with E-state index in [2.05, 4.69) is 0 Å². The van der Waals surface area contributed by atoms with Crippen LogP contribution < -0.4 is 0 Å². The molecule has 0 fully saturated rings. The molecule has 0 radical (unpaired) electrons. The fraction of sp³-hybridized carbons (Fsp3) is 0.692. The molecule has 0 aliphatic carbocycles. The standard InChI is InChI=1S/C13H20BNO5/c1-7(6-9(16)8(2)10(15)14-19)11(17)20-12(18)13(3,4)5/h7-8,15H,6H2,1-5H3/t7-,8+/m1/s1. The number of ether oxygens (including phenoxy) is 1. The second kappa shape index (κ2) is 7.21. The van der Waals surface area contributed by atoms with Gasteiger partial charge in [-0.1, -0.05) is 0 Å². The van der Waals surface area contributed by atoms with Crippen molar-refractivity contribution in [3.63, 3.8) is 0 Å². The third-order valence-electron chi connectivity index (χ3n) is 2.79. The van der Waals surface area contributed by atoms with E-state index in [1.807, 2.05) is 0 Å². The number of nitrogens with one attached hydrogen (secondary N) is 1. The van der Waals surface area contributed by atoms with Crippen LogP contribution >= 0.6 is 0 Å². The topological polar surface area (TPSA) is 101 Å². The van der Waals surface area contributed by atoms with Gasteiger partial charge in [-0.3, -0.25) is 0 Å². The quantitative estimate of drug-likeness (QED) is 0.343. The van der Waals surface area contributed by atoms with Crippen LogP contribution in [0.15, 0.2) is 0 Å². The molecule has 0 aromatic carbocycles. The molecule has 0 bridgehead atoms. The van der Waals surface area contributed by atoms with E-state index in [9.17, 15) is 19.1 Å². The Balaban J connectivity index is 4.55. The second-order valence-electron chi connectivity index (χ2n) is 5.82. The van der Waals surface area contributed by atoms with Crippen molar-refractivity contribution in [2.75, 3.05) is 0 Å². The molecule has 110 valence electrons. The monoisotopic (exact) mass is 281 g/mol. The van der Waals surface area contributed by atoms with E-state index in [1.165, 1.54) is 13.8 Å². The van der Waals surface area contributed by atoms with E-state index in [0.29, 0.717) is 7.15 Å². The van der Waals surface area contributed by atoms with Gasteiger partial charge in [0.05, 0.1) is 0 Å². The minimum absolute atomic E-state index is 0.173. The molecule has 0 heterocycles. The van der Waals surface area contributed by atoms with Gasteiger partial charge in [0.15, 0.2) is 0 Å². The number of Topliss-reactive ketones (excluding diaryl/α,β-unsaturated/α-hetero) is 1. The normalized spacial score (nSPS) is 13.8. The summed E-state index contributed by atoms with van der Waals surface area (Å²) in [6.07, 6.45) is -0.173. The van der Waals surface area contributed by atoms with Gasteiger partial charge in [-0.05, 0) is 0 Å². The number of ketones is 1. The predicted octanol–water partition coefficient (Wildman–Crippen LogP) is 1.36. The van der Waals surface area contributed by atoms with Crippen LogP contribution in [0, 0.1) is 22.7 Å². The van der Waals surface area contributed by atoms with Crippen molar-refractivity contribution in [2.24, 2.45) is 17.3 Å². The Bertz CT molecular complexity index is 439. The van der Waals surface area contributed by atoms with Gasteiger partial charge in [-0.2, -0.15) is 0 Å². The molecule has 1 N–H and O–H groups in total. The summed E-state index contributed by atoms with van der Waals surface area (Å²) in [7, 11) is 0.300. The Morgan fingerprint density at radius 3 is 2.10 bits per heavy atom. The zero-order valence-corrected chi connectivity index (χ0v) is 12.5. The van der Waals surface area contributed by atoms with Crippen molar-refractivity contribution in [2.45, 2.75) is 41.0 Å². The van der Waals surface area contributed by atoms with Crippen LogP contribution in [0.2, 0.25) is 0 Å². The summed E-state index contributed by atoms with van der Waals surface area (Å²) in [5, 5.41) is 7.26. The predicted molar refractivity (Wildman–Crippen MR) is 72.7 cm³/mol. The van der Waals surface area contributed by atoms with Gasteiger partial charge in [0.25, 0.3) is 0 Å². The molecule has 0 spiro atoms. The summed E-state index contributed by atoms with van der Waals surface area (Å²) < 4.78 is 15.1. The fourth-order valence-electron chi connectivity index (χ4n) is 1.18. The molecular weight excluding hydrogens is 261 g/mol. The van der Waals surface area contributed by atoms with Gasteiger partial charge in [0.1, 0.15) is 0 Å². The molecule has 0 saturated carbocycles. The van der Waals surface area contributed by atoms with Crippen molar-refractivity contribution >= 4 is 30.5 Å². The first-order chi connectivity index (χ1) is 9.00. The summed E-state index contributed by atoms with van der Waals surface area (Å²) in [4.78, 5) is 35.0. The molecular formula is C13H20BNO5. The van der Waals surface area contributed by atoms with Gasteiger partial charge in [0.2, 0.25) is 0 Å². The van der Waals surface area contributed by atoms with Crippen LogP contribution in [0.5, 0.6) is 0 Å². The van der Waals surface area contributed by atoms with Gasteiger partial charge in [-0.25, -0.2) is 0 Å². The second-order valence-corrected chi connectivity index (χ2v) is 5.82. The molecule has 0 amide bonds. The van der Waals surface area contributed by atoms with Gasteiger partial charge in [0, 0.05) is 0 Å². The van der Waals surface area contributed by atoms with Gasteiger partial charge >= 0.3 is 118 Å². The summed E-state index contributed by atoms with van der Waals surface area (Å²) >= 11 is 0. The molecule has 20 heavy (non-hydrogen) atoms. The summed E-state index contributed by atoms with van der Waals surface area (Å²) in [6.45, 7) is 7.74. The third kappa shape index (κ3) is 5.55. The first-order valence-corrected chi connectivity index (χ1v) is 6.33. The van der Waals surface area contributed by atoms with E-state index < -0.39 is 35.0 Å². The maximum absolute atomic E-state index is 11.7. The molecule has 0 aromatic heterocycles. The molecule has 0 aliphatic heterocycles. The molecule has 7 heteroatoms. The van der Waals surface area contributed by atoms with Crippen molar-refractivity contribution in [1.82, 2.24) is 0 Å². The van der Waals surface area contributed by atoms with Crippen molar-refractivity contribution in [1.29, 1.82) is 5.41 Å². The Morgan fingerprint density at radius 1 is 1.20 bits per heavy atom. The molecule has 0 unspecified atom stereocenters. The van der Waals surface area contributed by atoms with E-state index >= 15 is 0 Å². The van der Waals surface area contributed by atoms with E-state index in [-0.39, 0.29) is 12.0 Å². The third-order valence-corrected chi connectivity index (χ3v) is 2.79. The first kappa shape index (κ1) is 18.3. The number of hydrogen-bond donors (Lipinski definition) is 1. The van der Waals surface area contributed by atoms with Crippen molar-refractivity contribution in [3.05, 3.63) is 0 Å². The van der Waals surface area contributed by atoms with Gasteiger partial charge < -0.3 is 0 Å². The average molecular weight is 281 g/mol. The molecule has 0 aliphatic rings. The van der Waals surface area contributed by atoms with Crippen LogP contribution in [-0.2, 0) is 23.8 Å². The molecule has 0 rings (SSSR count). The van der Waals surface area contributed by atoms with Crippen molar-refractivity contribution < 1.29 is 23.8 Å². The first-order valence-electron chi connectivity index (χ1n) is 6.33. The van der Waals surface area contributed by atoms with Crippen LogP contribution in [0.25, 0.3) is 0 Å². The van der Waals surface area contributed by atoms with Crippen LogP contribution in [0.1, 0.15) is 41.0 Å². The summed E-state index contributed by atoms with van der Waals surface area (Å²) in [5.41, 5.74) is -1.13. The Kier molecular flexibility index (Phi) is 6.62. The maximum atomic E-state index is 11.7. The van der Waals surface area contributed by atoms with Gasteiger partial charge in [-0.15, -0.1) is 0 Å². The van der Waals surface area contributed by atoms with Crippen LogP contribution in [0.4, 0.5) is 0 Å². The molecule has 6 nitrogen and oxygen atoms in total. The summed E-state index contributed by atoms with van der Waals surface area (Å²) in [6, 6.07) is 0. The Labute approximate surface area is 119 Å². The van der Waals surface area contributed by atoms with E-state index in [4.69, 9.17) is 10.1 Å². The minimum atomic E-state index is -0.860. The number of esters is 2. The van der Waals surface area contributed by atoms with Crippen LogP contribution in [0.3, 0.4) is 0 Å². The van der Waals surface area contributed by atoms with E-state index in [1.54, 1.807) is 20.8 Å². The molecule has 2 atom stereocenters. The van der Waals surface area contributed by atoms with Crippen molar-refractivity contribution in [3.8, 4) is 0 Å². The number of hydrogen-bond acceptors (Lipinski definition) is 6. The fourth-order valence-corrected chi connectivity index (χ4v) is 1.18. The van der Waals surface area contributed by atoms with E-state index in [0.717, 1.165) is 0 Å². The number of carbonyl (C=O) groups is 3. The molecule has 0 saturated heterocycles. The number of carbonyl (C=O) groups excluding carboxylic acids is 3. The Morgan fingerprint density at radius 2 is 1.70 bits per heavy atom. The zero-order chi connectivity index (χ0) is 16.1. The average Bonchev–Trinajstić information content (AvgIpc) is 2.35. The molecule has 0 aromatic rings. The van der Waals surface area contributed by atoms with Crippen LogP contribution in [-0.4, -0.2) is 30.5 Å². The SMILES string of the molecule is C[C@H](C(=N)B=O)C(=O)C[C@@H](C)C(=O)OC(=O)C(C)(C)C. The Hall–Kier alpha value is -1.66. The number of rotatable bonds is 6.